The van der Waals surface area contributed by atoms with Crippen molar-refractivity contribution in [3.8, 4) is 0 Å². The second-order valence-electron chi connectivity index (χ2n) is 5.94. The number of methoxy groups -OCH3 is 1. The van der Waals surface area contributed by atoms with Gasteiger partial charge in [0.05, 0.1) is 11.0 Å². The highest BCUT2D eigenvalue weighted by atomic mass is 19.4. The highest BCUT2D eigenvalue weighted by Gasteiger charge is 2.33. The normalized spacial score (nSPS) is 16.8. The van der Waals surface area contributed by atoms with Gasteiger partial charge in [-0.3, -0.25) is 4.79 Å². The van der Waals surface area contributed by atoms with Crippen LogP contribution in [0.1, 0.15) is 30.1 Å². The molecule has 0 saturated carbocycles. The summed E-state index contributed by atoms with van der Waals surface area (Å²) < 4.78 is 43.1. The first-order valence-corrected chi connectivity index (χ1v) is 7.72. The fourth-order valence-electron chi connectivity index (χ4n) is 3.06. The molecule has 2 aromatic rings. The van der Waals surface area contributed by atoms with E-state index >= 15 is 0 Å². The van der Waals surface area contributed by atoms with E-state index < -0.39 is 11.9 Å². The summed E-state index contributed by atoms with van der Waals surface area (Å²) in [5.41, 5.74) is 0.893. The maximum atomic E-state index is 12.7. The Hall–Kier alpha value is -2.09. The van der Waals surface area contributed by atoms with Gasteiger partial charge >= 0.3 is 6.18 Å². The zero-order valence-electron chi connectivity index (χ0n) is 13.2. The molecular weight excluding hydrogens is 323 g/mol. The second kappa shape index (κ2) is 6.43. The molecule has 0 unspecified atom stereocenters. The van der Waals surface area contributed by atoms with Crippen LogP contribution < -0.4 is 0 Å². The van der Waals surface area contributed by atoms with Crippen molar-refractivity contribution < 1.29 is 22.7 Å². The van der Waals surface area contributed by atoms with E-state index in [0.29, 0.717) is 24.1 Å². The number of likely N-dealkylation sites (tertiary alicyclic amines) is 1. The Morgan fingerprint density at radius 1 is 1.38 bits per heavy atom. The van der Waals surface area contributed by atoms with E-state index in [0.717, 1.165) is 24.6 Å². The molecule has 1 saturated heterocycles. The zero-order chi connectivity index (χ0) is 17.3. The highest BCUT2D eigenvalue weighted by molar-refractivity contribution is 5.78. The van der Waals surface area contributed by atoms with Crippen LogP contribution in [0.3, 0.4) is 0 Å². The molecule has 1 N–H and O–H groups in total. The summed E-state index contributed by atoms with van der Waals surface area (Å²) in [5.74, 6) is 0.143. The molecule has 24 heavy (non-hydrogen) atoms. The van der Waals surface area contributed by atoms with E-state index in [-0.39, 0.29) is 18.4 Å². The number of ether oxygens (including phenoxy) is 1. The van der Waals surface area contributed by atoms with E-state index in [2.05, 4.69) is 9.97 Å². The monoisotopic (exact) mass is 341 g/mol. The number of nitrogens with zero attached hydrogens (tertiary/aromatic N) is 2. The number of hydrogen-bond donors (Lipinski definition) is 1. The van der Waals surface area contributed by atoms with Crippen LogP contribution in [0.4, 0.5) is 13.2 Å². The molecule has 0 bridgehead atoms. The molecule has 0 aromatic carbocycles. The van der Waals surface area contributed by atoms with Crippen molar-refractivity contribution >= 4 is 16.9 Å². The van der Waals surface area contributed by atoms with Crippen LogP contribution in [0.25, 0.3) is 11.0 Å². The molecule has 0 atom stereocenters. The molecule has 1 aliphatic heterocycles. The first-order chi connectivity index (χ1) is 11.4. The third-order valence-corrected chi connectivity index (χ3v) is 4.34. The number of H-pyrrole nitrogens is 1. The topological polar surface area (TPSA) is 58.2 Å². The van der Waals surface area contributed by atoms with Gasteiger partial charge in [0.25, 0.3) is 0 Å². The average molecular weight is 341 g/mol. The van der Waals surface area contributed by atoms with Crippen LogP contribution in [0, 0.1) is 0 Å². The van der Waals surface area contributed by atoms with Crippen molar-refractivity contribution in [2.45, 2.75) is 24.9 Å². The maximum Gasteiger partial charge on any atom is 0.433 e. The van der Waals surface area contributed by atoms with Gasteiger partial charge < -0.3 is 14.6 Å². The highest BCUT2D eigenvalue weighted by Crippen LogP contribution is 2.32. The fourth-order valence-corrected chi connectivity index (χ4v) is 3.06. The van der Waals surface area contributed by atoms with E-state index in [1.807, 2.05) is 0 Å². The van der Waals surface area contributed by atoms with Crippen LogP contribution in [0.2, 0.25) is 0 Å². The number of fused-ring (bicyclic) bond motifs is 1. The molecule has 3 heterocycles. The quantitative estimate of drug-likeness (QED) is 0.934. The number of hydrogen-bond acceptors (Lipinski definition) is 3. The summed E-state index contributed by atoms with van der Waals surface area (Å²) in [4.78, 5) is 20.4. The number of nitrogens with one attached hydrogen (secondary N) is 1. The van der Waals surface area contributed by atoms with Crippen molar-refractivity contribution in [2.75, 3.05) is 26.8 Å². The third kappa shape index (κ3) is 3.38. The Morgan fingerprint density at radius 2 is 2.08 bits per heavy atom. The van der Waals surface area contributed by atoms with Gasteiger partial charge in [0, 0.05) is 31.8 Å². The smallest absolute Gasteiger partial charge is 0.375 e. The van der Waals surface area contributed by atoms with Crippen molar-refractivity contribution in [1.29, 1.82) is 0 Å². The van der Waals surface area contributed by atoms with Gasteiger partial charge in [0.1, 0.15) is 12.3 Å². The SMILES string of the molecule is COCC(=O)N1CCC(c2cc3nc(C(F)(F)F)ccc3[nH]2)CC1. The lowest BCUT2D eigenvalue weighted by molar-refractivity contribution is -0.141. The van der Waals surface area contributed by atoms with E-state index in [9.17, 15) is 18.0 Å². The summed E-state index contributed by atoms with van der Waals surface area (Å²) in [6.45, 7) is 1.30. The van der Waals surface area contributed by atoms with Crippen LogP contribution in [-0.2, 0) is 15.7 Å². The molecule has 0 radical (unpaired) electrons. The zero-order valence-corrected chi connectivity index (χ0v) is 13.2. The van der Waals surface area contributed by atoms with Gasteiger partial charge in [0.2, 0.25) is 5.91 Å². The molecule has 5 nitrogen and oxygen atoms in total. The molecule has 2 aromatic heterocycles. The Balaban J connectivity index is 1.73. The first-order valence-electron chi connectivity index (χ1n) is 7.72. The number of halogens is 3. The van der Waals surface area contributed by atoms with Gasteiger partial charge in [-0.15, -0.1) is 0 Å². The van der Waals surface area contributed by atoms with Gasteiger partial charge in [-0.1, -0.05) is 0 Å². The number of alkyl halides is 3. The van der Waals surface area contributed by atoms with Crippen molar-refractivity contribution in [3.63, 3.8) is 0 Å². The van der Waals surface area contributed by atoms with Crippen LogP contribution in [0.5, 0.6) is 0 Å². The first kappa shape index (κ1) is 16.8. The summed E-state index contributed by atoms with van der Waals surface area (Å²) in [6.07, 6.45) is -2.93. The molecule has 0 aliphatic carbocycles. The average Bonchev–Trinajstić information content (AvgIpc) is 2.97. The number of pyridine rings is 1. The van der Waals surface area contributed by atoms with Crippen molar-refractivity contribution in [2.24, 2.45) is 0 Å². The molecule has 8 heteroatoms. The Morgan fingerprint density at radius 3 is 2.71 bits per heavy atom. The number of carbonyl (C=O) groups excluding carboxylic acids is 1. The summed E-state index contributed by atoms with van der Waals surface area (Å²) in [7, 11) is 1.48. The largest absolute Gasteiger partial charge is 0.433 e. The predicted molar refractivity (Wildman–Crippen MR) is 81.5 cm³/mol. The minimum atomic E-state index is -4.45. The number of carbonyl (C=O) groups is 1. The van der Waals surface area contributed by atoms with Crippen LogP contribution in [-0.4, -0.2) is 47.6 Å². The number of piperidine rings is 1. The molecule has 1 fully saturated rings. The molecule has 0 spiro atoms. The van der Waals surface area contributed by atoms with Gasteiger partial charge in [-0.05, 0) is 31.0 Å². The Labute approximate surface area is 136 Å². The third-order valence-electron chi connectivity index (χ3n) is 4.34. The Kier molecular flexibility index (Phi) is 4.49. The van der Waals surface area contributed by atoms with E-state index in [1.54, 1.807) is 11.0 Å². The van der Waals surface area contributed by atoms with E-state index in [1.165, 1.54) is 13.2 Å². The van der Waals surface area contributed by atoms with Crippen molar-refractivity contribution in [1.82, 2.24) is 14.9 Å². The number of rotatable bonds is 3. The van der Waals surface area contributed by atoms with Crippen molar-refractivity contribution in [3.05, 3.63) is 29.6 Å². The lowest BCUT2D eigenvalue weighted by atomic mass is 9.93. The minimum absolute atomic E-state index is 0.0379. The molecule has 1 amide bonds. The number of aromatic amines is 1. The van der Waals surface area contributed by atoms with Gasteiger partial charge in [-0.2, -0.15) is 13.2 Å². The van der Waals surface area contributed by atoms with Crippen LogP contribution in [0.15, 0.2) is 18.2 Å². The summed E-state index contributed by atoms with van der Waals surface area (Å²) in [6, 6.07) is 4.07. The maximum absolute atomic E-state index is 12.7. The predicted octanol–water partition coefficient (Wildman–Crippen LogP) is 2.93. The summed E-state index contributed by atoms with van der Waals surface area (Å²) >= 11 is 0. The van der Waals surface area contributed by atoms with Crippen LogP contribution >= 0.6 is 0 Å². The number of amides is 1. The molecular formula is C16H18F3N3O2. The van der Waals surface area contributed by atoms with Gasteiger partial charge in [-0.25, -0.2) is 4.98 Å². The standard InChI is InChI=1S/C16H18F3N3O2/c1-24-9-15(23)22-6-4-10(5-7-22)12-8-13-11(20-12)2-3-14(21-13)16(17,18)19/h2-3,8,10,20H,4-7,9H2,1H3. The lowest BCUT2D eigenvalue weighted by Gasteiger charge is -2.31. The minimum Gasteiger partial charge on any atom is -0.375 e. The molecule has 1 aliphatic rings. The summed E-state index contributed by atoms with van der Waals surface area (Å²) in [5, 5.41) is 0. The van der Waals surface area contributed by atoms with E-state index in [4.69, 9.17) is 4.74 Å². The Bertz CT molecular complexity index is 734. The molecule has 130 valence electrons. The molecule has 3 rings (SSSR count). The second-order valence-corrected chi connectivity index (χ2v) is 5.94. The number of aromatic nitrogens is 2. The van der Waals surface area contributed by atoms with Gasteiger partial charge in [0.15, 0.2) is 0 Å². The lowest BCUT2D eigenvalue weighted by Crippen LogP contribution is -2.39. The fraction of sp³-hybridized carbons (Fsp3) is 0.500.